The summed E-state index contributed by atoms with van der Waals surface area (Å²) in [7, 11) is 0. The van der Waals surface area contributed by atoms with Crippen molar-refractivity contribution in [2.24, 2.45) is 0 Å². The molecule has 14 heavy (non-hydrogen) atoms. The van der Waals surface area contributed by atoms with Crippen LogP contribution in [0.4, 0.5) is 5.69 Å². The highest BCUT2D eigenvalue weighted by Gasteiger charge is 1.90. The van der Waals surface area contributed by atoms with Crippen LogP contribution in [-0.4, -0.2) is 6.54 Å². The smallest absolute Gasteiger partial charge is 0.0357 e. The zero-order valence-electron chi connectivity index (χ0n) is 9.09. The van der Waals surface area contributed by atoms with E-state index in [1.807, 2.05) is 18.2 Å². The third-order valence-corrected chi connectivity index (χ3v) is 2.13. The Bertz CT molecular complexity index is 275. The normalized spacial score (nSPS) is 11.4. The first-order valence-electron chi connectivity index (χ1n) is 5.27. The van der Waals surface area contributed by atoms with E-state index in [0.29, 0.717) is 0 Å². The number of nitrogens with one attached hydrogen (secondary N) is 1. The van der Waals surface area contributed by atoms with Crippen LogP contribution in [0.25, 0.3) is 0 Å². The fourth-order valence-electron chi connectivity index (χ4n) is 1.26. The van der Waals surface area contributed by atoms with Gasteiger partial charge in [0.15, 0.2) is 0 Å². The maximum absolute atomic E-state index is 3.39. The first-order valence-corrected chi connectivity index (χ1v) is 5.27. The highest BCUT2D eigenvalue weighted by atomic mass is 14.9. The number of hydrogen-bond donors (Lipinski definition) is 1. The lowest BCUT2D eigenvalue weighted by molar-refractivity contribution is 0.943. The molecule has 0 amide bonds. The van der Waals surface area contributed by atoms with Gasteiger partial charge >= 0.3 is 0 Å². The Balaban J connectivity index is 2.34. The van der Waals surface area contributed by atoms with Gasteiger partial charge in [0.05, 0.1) is 0 Å². The molecule has 1 aromatic rings. The zero-order valence-corrected chi connectivity index (χ0v) is 9.09. The Morgan fingerprint density at radius 2 is 2.00 bits per heavy atom. The second kappa shape index (κ2) is 6.25. The van der Waals surface area contributed by atoms with E-state index in [9.17, 15) is 0 Å². The first-order chi connectivity index (χ1) is 6.83. The van der Waals surface area contributed by atoms with Gasteiger partial charge in [-0.3, -0.25) is 0 Å². The van der Waals surface area contributed by atoms with Gasteiger partial charge in [0, 0.05) is 12.2 Å². The number of unbranched alkanes of at least 4 members (excludes halogenated alkanes) is 1. The molecule has 0 spiro atoms. The van der Waals surface area contributed by atoms with Crippen molar-refractivity contribution in [2.75, 3.05) is 11.9 Å². The van der Waals surface area contributed by atoms with Crippen molar-refractivity contribution in [2.45, 2.75) is 26.7 Å². The summed E-state index contributed by atoms with van der Waals surface area (Å²) in [4.78, 5) is 0. The van der Waals surface area contributed by atoms with Crippen molar-refractivity contribution in [1.29, 1.82) is 0 Å². The molecular formula is C13H19N. The minimum Gasteiger partial charge on any atom is -0.381 e. The molecule has 0 bridgehead atoms. The first kappa shape index (κ1) is 10.8. The van der Waals surface area contributed by atoms with Gasteiger partial charge in [-0.25, -0.2) is 0 Å². The third kappa shape index (κ3) is 4.13. The van der Waals surface area contributed by atoms with E-state index in [4.69, 9.17) is 0 Å². The summed E-state index contributed by atoms with van der Waals surface area (Å²) in [6.07, 6.45) is 4.71. The molecule has 0 aromatic heterocycles. The van der Waals surface area contributed by atoms with Crippen molar-refractivity contribution >= 4 is 5.69 Å². The number of para-hydroxylation sites is 1. The summed E-state index contributed by atoms with van der Waals surface area (Å²) in [6, 6.07) is 10.3. The summed E-state index contributed by atoms with van der Waals surface area (Å²) in [5.74, 6) is 0. The quantitative estimate of drug-likeness (QED) is 0.694. The van der Waals surface area contributed by atoms with Crippen molar-refractivity contribution in [3.63, 3.8) is 0 Å². The highest BCUT2D eigenvalue weighted by molar-refractivity contribution is 5.43. The number of anilines is 1. The fourth-order valence-corrected chi connectivity index (χ4v) is 1.26. The molecular weight excluding hydrogens is 170 g/mol. The van der Waals surface area contributed by atoms with Gasteiger partial charge < -0.3 is 5.32 Å². The Morgan fingerprint density at radius 3 is 2.64 bits per heavy atom. The van der Waals surface area contributed by atoms with Crippen LogP contribution < -0.4 is 5.32 Å². The van der Waals surface area contributed by atoms with E-state index in [-0.39, 0.29) is 0 Å². The van der Waals surface area contributed by atoms with Gasteiger partial charge in [-0.15, -0.1) is 0 Å². The molecule has 1 rings (SSSR count). The standard InChI is InChI=1S/C13H19N/c1-3-4-8-12(2)11-14-13-9-6-5-7-10-13/h5-10,14H,3-4,11H2,1-2H3/b12-8+. The number of rotatable bonds is 5. The third-order valence-electron chi connectivity index (χ3n) is 2.13. The van der Waals surface area contributed by atoms with Crippen molar-refractivity contribution in [3.8, 4) is 0 Å². The molecule has 0 aliphatic carbocycles. The molecule has 0 heterocycles. The van der Waals surface area contributed by atoms with Crippen LogP contribution in [0.1, 0.15) is 26.7 Å². The van der Waals surface area contributed by atoms with E-state index < -0.39 is 0 Å². The van der Waals surface area contributed by atoms with Crippen LogP contribution in [0.2, 0.25) is 0 Å². The second-order valence-electron chi connectivity index (χ2n) is 3.56. The number of benzene rings is 1. The van der Waals surface area contributed by atoms with Crippen LogP contribution in [0.15, 0.2) is 42.0 Å². The molecule has 1 heteroatoms. The van der Waals surface area contributed by atoms with Gasteiger partial charge in [0.1, 0.15) is 0 Å². The lowest BCUT2D eigenvalue weighted by atomic mass is 10.2. The molecule has 0 fully saturated rings. The number of hydrogen-bond acceptors (Lipinski definition) is 1. The SMILES string of the molecule is CCC/C=C(\C)CNc1ccccc1. The van der Waals surface area contributed by atoms with Gasteiger partial charge in [0.25, 0.3) is 0 Å². The average molecular weight is 189 g/mol. The van der Waals surface area contributed by atoms with Gasteiger partial charge in [-0.1, -0.05) is 43.2 Å². The van der Waals surface area contributed by atoms with Crippen LogP contribution in [0, 0.1) is 0 Å². The molecule has 0 saturated heterocycles. The van der Waals surface area contributed by atoms with Crippen molar-refractivity contribution in [3.05, 3.63) is 42.0 Å². The number of allylic oxidation sites excluding steroid dienone is 1. The summed E-state index contributed by atoms with van der Waals surface area (Å²) >= 11 is 0. The molecule has 1 aromatic carbocycles. The lowest BCUT2D eigenvalue weighted by Gasteiger charge is -2.05. The highest BCUT2D eigenvalue weighted by Crippen LogP contribution is 2.06. The van der Waals surface area contributed by atoms with E-state index in [1.54, 1.807) is 0 Å². The molecule has 1 nitrogen and oxygen atoms in total. The Hall–Kier alpha value is -1.24. The maximum atomic E-state index is 3.39. The summed E-state index contributed by atoms with van der Waals surface area (Å²) in [5.41, 5.74) is 2.60. The summed E-state index contributed by atoms with van der Waals surface area (Å²) in [5, 5.41) is 3.39. The van der Waals surface area contributed by atoms with Crippen molar-refractivity contribution in [1.82, 2.24) is 0 Å². The Kier molecular flexibility index (Phi) is 4.84. The minimum absolute atomic E-state index is 0.948. The van der Waals surface area contributed by atoms with E-state index in [1.165, 1.54) is 24.1 Å². The van der Waals surface area contributed by atoms with Gasteiger partial charge in [0.2, 0.25) is 0 Å². The summed E-state index contributed by atoms with van der Waals surface area (Å²) in [6.45, 7) is 5.32. The summed E-state index contributed by atoms with van der Waals surface area (Å²) < 4.78 is 0. The predicted molar refractivity (Wildman–Crippen MR) is 63.6 cm³/mol. The topological polar surface area (TPSA) is 12.0 Å². The van der Waals surface area contributed by atoms with Crippen molar-refractivity contribution < 1.29 is 0 Å². The Morgan fingerprint density at radius 1 is 1.29 bits per heavy atom. The average Bonchev–Trinajstić information content (AvgIpc) is 2.25. The molecule has 0 atom stereocenters. The molecule has 0 aliphatic heterocycles. The monoisotopic (exact) mass is 189 g/mol. The molecule has 0 unspecified atom stereocenters. The fraction of sp³-hybridized carbons (Fsp3) is 0.385. The molecule has 0 aliphatic rings. The van der Waals surface area contributed by atoms with E-state index >= 15 is 0 Å². The Labute approximate surface area is 86.8 Å². The van der Waals surface area contributed by atoms with Crippen LogP contribution >= 0.6 is 0 Å². The van der Waals surface area contributed by atoms with Gasteiger partial charge in [-0.05, 0) is 25.5 Å². The molecule has 1 N–H and O–H groups in total. The lowest BCUT2D eigenvalue weighted by Crippen LogP contribution is -2.02. The van der Waals surface area contributed by atoms with Crippen LogP contribution in [0.5, 0.6) is 0 Å². The molecule has 0 saturated carbocycles. The second-order valence-corrected chi connectivity index (χ2v) is 3.56. The van der Waals surface area contributed by atoms with Crippen LogP contribution in [0.3, 0.4) is 0 Å². The van der Waals surface area contributed by atoms with E-state index in [2.05, 4.69) is 37.4 Å². The largest absolute Gasteiger partial charge is 0.381 e. The zero-order chi connectivity index (χ0) is 10.2. The van der Waals surface area contributed by atoms with Crippen LogP contribution in [-0.2, 0) is 0 Å². The van der Waals surface area contributed by atoms with E-state index in [0.717, 1.165) is 6.54 Å². The molecule has 76 valence electrons. The minimum atomic E-state index is 0.948. The predicted octanol–water partition coefficient (Wildman–Crippen LogP) is 3.84. The van der Waals surface area contributed by atoms with Gasteiger partial charge in [-0.2, -0.15) is 0 Å². The molecule has 0 radical (unpaired) electrons. The maximum Gasteiger partial charge on any atom is 0.0357 e.